The lowest BCUT2D eigenvalue weighted by molar-refractivity contribution is 0.0453. The average Bonchev–Trinajstić information content (AvgIpc) is 3.38. The maximum absolute atomic E-state index is 9.65. The number of rotatable bonds is 7. The van der Waals surface area contributed by atoms with Crippen molar-refractivity contribution >= 4 is 0 Å². The van der Waals surface area contributed by atoms with E-state index < -0.39 is 0 Å². The van der Waals surface area contributed by atoms with E-state index in [1.54, 1.807) is 0 Å². The van der Waals surface area contributed by atoms with Crippen LogP contribution in [0.4, 0.5) is 0 Å². The van der Waals surface area contributed by atoms with Crippen LogP contribution < -0.4 is 0 Å². The van der Waals surface area contributed by atoms with Crippen molar-refractivity contribution in [3.05, 3.63) is 70.9 Å². The SMILES string of the molecule is Cc1cc(C)c(CN2CCN(Cc3ccc(C)o3)[C@@H](CCO)C2)c(-n2cccn2)c1. The molecule has 3 aromatic rings. The standard InChI is InChI=1S/C24H32N4O2/c1-18-13-19(2)23(24(14-18)28-9-4-8-25-28)17-26-10-11-27(21(15-26)7-12-29)16-22-6-5-20(3)30-22/h4-6,8-9,13-14,21,29H,7,10-12,15-17H2,1-3H3/t21-/m0/s1. The van der Waals surface area contributed by atoms with Crippen molar-refractivity contribution in [2.45, 2.75) is 46.3 Å². The van der Waals surface area contributed by atoms with E-state index in [-0.39, 0.29) is 6.61 Å². The third kappa shape index (κ3) is 4.67. The van der Waals surface area contributed by atoms with E-state index >= 15 is 0 Å². The molecule has 3 heterocycles. The lowest BCUT2D eigenvalue weighted by Crippen LogP contribution is -2.52. The van der Waals surface area contributed by atoms with Crippen LogP contribution in [0.5, 0.6) is 0 Å². The highest BCUT2D eigenvalue weighted by atomic mass is 16.3. The highest BCUT2D eigenvalue weighted by molar-refractivity contribution is 5.48. The number of hydrogen-bond acceptors (Lipinski definition) is 5. The van der Waals surface area contributed by atoms with Crippen LogP contribution in [0.3, 0.4) is 0 Å². The largest absolute Gasteiger partial charge is 0.465 e. The highest BCUT2D eigenvalue weighted by Gasteiger charge is 2.28. The molecule has 0 spiro atoms. The van der Waals surface area contributed by atoms with Gasteiger partial charge in [0.25, 0.3) is 0 Å². The number of aryl methyl sites for hydroxylation is 3. The van der Waals surface area contributed by atoms with Crippen LogP contribution >= 0.6 is 0 Å². The Hall–Kier alpha value is -2.41. The number of benzene rings is 1. The quantitative estimate of drug-likeness (QED) is 0.649. The maximum atomic E-state index is 9.65. The number of aliphatic hydroxyl groups is 1. The molecule has 0 saturated carbocycles. The van der Waals surface area contributed by atoms with Gasteiger partial charge in [-0.3, -0.25) is 9.80 Å². The fraction of sp³-hybridized carbons (Fsp3) is 0.458. The predicted molar refractivity (Wildman–Crippen MR) is 118 cm³/mol. The van der Waals surface area contributed by atoms with E-state index in [1.807, 2.05) is 36.1 Å². The molecule has 1 aliphatic heterocycles. The van der Waals surface area contributed by atoms with Crippen molar-refractivity contribution in [3.8, 4) is 5.69 Å². The molecule has 1 aromatic carbocycles. The van der Waals surface area contributed by atoms with Gasteiger partial charge in [0.2, 0.25) is 0 Å². The van der Waals surface area contributed by atoms with Gasteiger partial charge < -0.3 is 9.52 Å². The lowest BCUT2D eigenvalue weighted by atomic mass is 10.0. The number of aromatic nitrogens is 2. The topological polar surface area (TPSA) is 57.7 Å². The molecule has 0 bridgehead atoms. The van der Waals surface area contributed by atoms with Gasteiger partial charge in [-0.15, -0.1) is 0 Å². The molecule has 1 N–H and O–H groups in total. The van der Waals surface area contributed by atoms with Gasteiger partial charge in [0, 0.05) is 51.2 Å². The Labute approximate surface area is 178 Å². The zero-order valence-corrected chi connectivity index (χ0v) is 18.2. The smallest absolute Gasteiger partial charge is 0.118 e. The number of furan rings is 1. The summed E-state index contributed by atoms with van der Waals surface area (Å²) >= 11 is 0. The zero-order valence-electron chi connectivity index (χ0n) is 18.2. The summed E-state index contributed by atoms with van der Waals surface area (Å²) in [5.74, 6) is 1.95. The number of nitrogens with zero attached hydrogens (tertiary/aromatic N) is 4. The summed E-state index contributed by atoms with van der Waals surface area (Å²) < 4.78 is 7.76. The molecule has 0 radical (unpaired) electrons. The van der Waals surface area contributed by atoms with Crippen LogP contribution in [-0.2, 0) is 13.1 Å². The van der Waals surface area contributed by atoms with E-state index in [0.29, 0.717) is 6.04 Å². The molecule has 2 aromatic heterocycles. The first-order valence-corrected chi connectivity index (χ1v) is 10.8. The highest BCUT2D eigenvalue weighted by Crippen LogP contribution is 2.25. The van der Waals surface area contributed by atoms with Crippen LogP contribution in [0.15, 0.2) is 47.1 Å². The first-order valence-electron chi connectivity index (χ1n) is 10.8. The molecule has 0 amide bonds. The molecule has 0 unspecified atom stereocenters. The molecule has 0 aliphatic carbocycles. The Kier molecular flexibility index (Phi) is 6.37. The second-order valence-electron chi connectivity index (χ2n) is 8.41. The van der Waals surface area contributed by atoms with Crippen molar-refractivity contribution < 1.29 is 9.52 Å². The summed E-state index contributed by atoms with van der Waals surface area (Å²) in [6.45, 7) is 11.1. The molecule has 6 heteroatoms. The molecule has 4 rings (SSSR count). The van der Waals surface area contributed by atoms with Gasteiger partial charge >= 0.3 is 0 Å². The Morgan fingerprint density at radius 1 is 1.13 bits per heavy atom. The third-order valence-corrected chi connectivity index (χ3v) is 6.03. The van der Waals surface area contributed by atoms with E-state index in [2.05, 4.69) is 46.9 Å². The van der Waals surface area contributed by atoms with Gasteiger partial charge in [-0.1, -0.05) is 6.07 Å². The fourth-order valence-electron chi connectivity index (χ4n) is 4.52. The second-order valence-corrected chi connectivity index (χ2v) is 8.41. The Balaban J connectivity index is 1.51. The van der Waals surface area contributed by atoms with Crippen molar-refractivity contribution in [2.75, 3.05) is 26.2 Å². The van der Waals surface area contributed by atoms with Crippen LogP contribution in [0, 0.1) is 20.8 Å². The number of piperazine rings is 1. The van der Waals surface area contributed by atoms with E-state index in [4.69, 9.17) is 4.42 Å². The molecule has 1 aliphatic rings. The zero-order chi connectivity index (χ0) is 21.1. The predicted octanol–water partition coefficient (Wildman–Crippen LogP) is 3.46. The Morgan fingerprint density at radius 3 is 2.70 bits per heavy atom. The lowest BCUT2D eigenvalue weighted by Gasteiger charge is -2.41. The number of hydrogen-bond donors (Lipinski definition) is 1. The molecular weight excluding hydrogens is 376 g/mol. The summed E-state index contributed by atoms with van der Waals surface area (Å²) in [4.78, 5) is 4.95. The van der Waals surface area contributed by atoms with E-state index in [0.717, 1.165) is 56.4 Å². The molecule has 1 fully saturated rings. The van der Waals surface area contributed by atoms with Crippen LogP contribution in [-0.4, -0.2) is 57.0 Å². The van der Waals surface area contributed by atoms with Crippen LogP contribution in [0.25, 0.3) is 5.69 Å². The summed E-state index contributed by atoms with van der Waals surface area (Å²) in [7, 11) is 0. The van der Waals surface area contributed by atoms with E-state index in [1.165, 1.54) is 16.7 Å². The minimum Gasteiger partial charge on any atom is -0.465 e. The molecule has 30 heavy (non-hydrogen) atoms. The van der Waals surface area contributed by atoms with Gasteiger partial charge in [-0.25, -0.2) is 4.68 Å². The second kappa shape index (κ2) is 9.16. The summed E-state index contributed by atoms with van der Waals surface area (Å²) in [6.07, 6.45) is 4.61. The molecular formula is C24H32N4O2. The fourth-order valence-corrected chi connectivity index (χ4v) is 4.52. The molecule has 1 atom stereocenters. The van der Waals surface area contributed by atoms with Gasteiger partial charge in [0.05, 0.1) is 12.2 Å². The summed E-state index contributed by atoms with van der Waals surface area (Å²) in [6, 6.07) is 10.8. The minimum atomic E-state index is 0.203. The van der Waals surface area contributed by atoms with Crippen molar-refractivity contribution in [2.24, 2.45) is 0 Å². The first-order chi connectivity index (χ1) is 14.5. The summed E-state index contributed by atoms with van der Waals surface area (Å²) in [5, 5.41) is 14.1. The molecule has 160 valence electrons. The van der Waals surface area contributed by atoms with Crippen molar-refractivity contribution in [1.29, 1.82) is 0 Å². The summed E-state index contributed by atoms with van der Waals surface area (Å²) in [5.41, 5.74) is 5.03. The van der Waals surface area contributed by atoms with Gasteiger partial charge in [0.1, 0.15) is 11.5 Å². The normalized spacial score (nSPS) is 18.2. The Morgan fingerprint density at radius 2 is 2.00 bits per heavy atom. The van der Waals surface area contributed by atoms with Crippen molar-refractivity contribution in [3.63, 3.8) is 0 Å². The molecule has 1 saturated heterocycles. The van der Waals surface area contributed by atoms with Crippen molar-refractivity contribution in [1.82, 2.24) is 19.6 Å². The van der Waals surface area contributed by atoms with E-state index in [9.17, 15) is 5.11 Å². The van der Waals surface area contributed by atoms with Crippen LogP contribution in [0.2, 0.25) is 0 Å². The van der Waals surface area contributed by atoms with Crippen LogP contribution in [0.1, 0.15) is 34.6 Å². The monoisotopic (exact) mass is 408 g/mol. The first kappa shape index (κ1) is 20.8. The minimum absolute atomic E-state index is 0.203. The van der Waals surface area contributed by atoms with Gasteiger partial charge in [0.15, 0.2) is 0 Å². The number of aliphatic hydroxyl groups excluding tert-OH is 1. The molecule has 6 nitrogen and oxygen atoms in total. The van der Waals surface area contributed by atoms with Gasteiger partial charge in [-0.05, 0) is 68.1 Å². The third-order valence-electron chi connectivity index (χ3n) is 6.03. The maximum Gasteiger partial charge on any atom is 0.118 e. The Bertz CT molecular complexity index is 964. The van der Waals surface area contributed by atoms with Gasteiger partial charge in [-0.2, -0.15) is 5.10 Å². The average molecular weight is 409 g/mol.